The molecule has 4 rings (SSSR count). The molecule has 22 heavy (non-hydrogen) atoms. The average molecular weight is 299 g/mol. The Balaban J connectivity index is 1.75. The number of hydrogen-bond acceptors (Lipinski definition) is 6. The monoisotopic (exact) mass is 299 g/mol. The molecule has 1 aliphatic heterocycles. The fourth-order valence-electron chi connectivity index (χ4n) is 3.66. The molecule has 3 heterocycles. The maximum atomic E-state index is 5.43. The van der Waals surface area contributed by atoms with E-state index in [0.717, 1.165) is 49.8 Å². The van der Waals surface area contributed by atoms with Gasteiger partial charge in [0, 0.05) is 17.8 Å². The Labute approximate surface area is 130 Å². The third-order valence-corrected chi connectivity index (χ3v) is 4.63. The highest BCUT2D eigenvalue weighted by molar-refractivity contribution is 5.52. The van der Waals surface area contributed by atoms with Crippen molar-refractivity contribution in [3.8, 4) is 0 Å². The Morgan fingerprint density at radius 2 is 1.86 bits per heavy atom. The second-order valence-electron chi connectivity index (χ2n) is 6.26. The lowest BCUT2D eigenvalue weighted by Gasteiger charge is -2.28. The van der Waals surface area contributed by atoms with E-state index < -0.39 is 0 Å². The van der Waals surface area contributed by atoms with Gasteiger partial charge < -0.3 is 9.42 Å². The molecule has 2 aromatic heterocycles. The Morgan fingerprint density at radius 1 is 1.00 bits per heavy atom. The molecule has 116 valence electrons. The molecular weight excluding hydrogens is 278 g/mol. The Hall–Kier alpha value is -1.98. The van der Waals surface area contributed by atoms with Crippen LogP contribution in [0.1, 0.15) is 60.5 Å². The van der Waals surface area contributed by atoms with E-state index in [-0.39, 0.29) is 6.04 Å². The molecule has 0 radical (unpaired) electrons. The second kappa shape index (κ2) is 5.34. The summed E-state index contributed by atoms with van der Waals surface area (Å²) in [7, 11) is 0. The summed E-state index contributed by atoms with van der Waals surface area (Å²) in [6.45, 7) is 4.85. The van der Waals surface area contributed by atoms with E-state index in [1.165, 1.54) is 24.1 Å². The van der Waals surface area contributed by atoms with Crippen molar-refractivity contribution in [3.05, 3.63) is 28.8 Å². The zero-order chi connectivity index (χ0) is 15.1. The van der Waals surface area contributed by atoms with Crippen LogP contribution in [0.5, 0.6) is 0 Å². The lowest BCUT2D eigenvalue weighted by molar-refractivity contribution is 0.351. The smallest absolute Gasteiger partial charge is 0.249 e. The van der Waals surface area contributed by atoms with Gasteiger partial charge in [-0.1, -0.05) is 5.16 Å². The molecule has 2 aromatic rings. The summed E-state index contributed by atoms with van der Waals surface area (Å²) in [4.78, 5) is 16.2. The predicted molar refractivity (Wildman–Crippen MR) is 81.8 cm³/mol. The number of nitrogens with zero attached hydrogens (tertiary/aromatic N) is 5. The molecule has 0 aromatic carbocycles. The minimum Gasteiger partial charge on any atom is -0.344 e. The summed E-state index contributed by atoms with van der Waals surface area (Å²) in [5, 5.41) is 3.95. The van der Waals surface area contributed by atoms with Crippen molar-refractivity contribution in [1.29, 1.82) is 0 Å². The lowest BCUT2D eigenvalue weighted by Crippen LogP contribution is -2.27. The number of aromatic nitrogens is 4. The van der Waals surface area contributed by atoms with E-state index in [4.69, 9.17) is 9.51 Å². The number of anilines is 1. The van der Waals surface area contributed by atoms with Gasteiger partial charge in [0.1, 0.15) is 17.7 Å². The molecule has 0 bridgehead atoms. The van der Waals surface area contributed by atoms with Crippen LogP contribution in [0.25, 0.3) is 0 Å². The molecule has 0 amide bonds. The molecule has 0 saturated carbocycles. The van der Waals surface area contributed by atoms with Gasteiger partial charge in [-0.15, -0.1) is 0 Å². The van der Waals surface area contributed by atoms with Crippen molar-refractivity contribution in [1.82, 2.24) is 20.1 Å². The van der Waals surface area contributed by atoms with Gasteiger partial charge >= 0.3 is 0 Å². The first-order valence-corrected chi connectivity index (χ1v) is 8.15. The first-order valence-electron chi connectivity index (χ1n) is 8.15. The maximum absolute atomic E-state index is 5.43. The van der Waals surface area contributed by atoms with E-state index in [2.05, 4.69) is 20.0 Å². The molecule has 6 nitrogen and oxygen atoms in total. The van der Waals surface area contributed by atoms with Gasteiger partial charge in [-0.3, -0.25) is 0 Å². The minimum atomic E-state index is 0.154. The van der Waals surface area contributed by atoms with Gasteiger partial charge in [0.25, 0.3) is 0 Å². The van der Waals surface area contributed by atoms with Crippen LogP contribution < -0.4 is 4.90 Å². The SMILES string of the molecule is Cc1noc(C2CCCN2c2nc(C)nc3c2CCCC3)n1. The highest BCUT2D eigenvalue weighted by Gasteiger charge is 2.34. The normalized spacial score (nSPS) is 21.2. The number of fused-ring (bicyclic) bond motifs is 1. The van der Waals surface area contributed by atoms with Crippen LogP contribution in [0.4, 0.5) is 5.82 Å². The van der Waals surface area contributed by atoms with E-state index in [9.17, 15) is 0 Å². The fraction of sp³-hybridized carbons (Fsp3) is 0.625. The lowest BCUT2D eigenvalue weighted by atomic mass is 9.96. The van der Waals surface area contributed by atoms with Gasteiger partial charge in [0.05, 0.1) is 0 Å². The number of hydrogen-bond donors (Lipinski definition) is 0. The van der Waals surface area contributed by atoms with Crippen LogP contribution >= 0.6 is 0 Å². The van der Waals surface area contributed by atoms with Crippen molar-refractivity contribution in [2.45, 2.75) is 58.4 Å². The molecule has 1 saturated heterocycles. The Morgan fingerprint density at radius 3 is 2.68 bits per heavy atom. The van der Waals surface area contributed by atoms with Crippen LogP contribution in [0.15, 0.2) is 4.52 Å². The molecule has 1 aliphatic carbocycles. The molecule has 1 unspecified atom stereocenters. The zero-order valence-corrected chi connectivity index (χ0v) is 13.2. The van der Waals surface area contributed by atoms with Crippen LogP contribution in [0.3, 0.4) is 0 Å². The van der Waals surface area contributed by atoms with Crippen LogP contribution in [-0.2, 0) is 12.8 Å². The first-order chi connectivity index (χ1) is 10.7. The Kier molecular flexibility index (Phi) is 3.32. The van der Waals surface area contributed by atoms with E-state index >= 15 is 0 Å². The largest absolute Gasteiger partial charge is 0.344 e. The van der Waals surface area contributed by atoms with E-state index in [0.29, 0.717) is 5.82 Å². The van der Waals surface area contributed by atoms with Crippen molar-refractivity contribution < 1.29 is 4.52 Å². The van der Waals surface area contributed by atoms with Crippen molar-refractivity contribution in [2.75, 3.05) is 11.4 Å². The molecule has 6 heteroatoms. The second-order valence-corrected chi connectivity index (χ2v) is 6.26. The highest BCUT2D eigenvalue weighted by atomic mass is 16.5. The van der Waals surface area contributed by atoms with Crippen LogP contribution in [0.2, 0.25) is 0 Å². The third-order valence-electron chi connectivity index (χ3n) is 4.63. The predicted octanol–water partition coefficient (Wildman–Crippen LogP) is 2.70. The van der Waals surface area contributed by atoms with Gasteiger partial charge in [0.2, 0.25) is 5.89 Å². The third kappa shape index (κ3) is 2.26. The summed E-state index contributed by atoms with van der Waals surface area (Å²) in [5.41, 5.74) is 2.57. The summed E-state index contributed by atoms with van der Waals surface area (Å²) in [5.74, 6) is 3.38. The molecule has 0 N–H and O–H groups in total. The van der Waals surface area contributed by atoms with E-state index in [1.54, 1.807) is 0 Å². The van der Waals surface area contributed by atoms with Crippen LogP contribution in [0, 0.1) is 13.8 Å². The maximum Gasteiger partial charge on any atom is 0.249 e. The van der Waals surface area contributed by atoms with Crippen LogP contribution in [-0.4, -0.2) is 26.7 Å². The zero-order valence-electron chi connectivity index (χ0n) is 13.2. The van der Waals surface area contributed by atoms with E-state index in [1.807, 2.05) is 13.8 Å². The summed E-state index contributed by atoms with van der Waals surface area (Å²) < 4.78 is 5.43. The number of rotatable bonds is 2. The summed E-state index contributed by atoms with van der Waals surface area (Å²) in [6.07, 6.45) is 6.78. The Bertz CT molecular complexity index is 696. The standard InChI is InChI=1S/C16H21N5O/c1-10-17-13-7-4-3-6-12(13)15(18-10)21-9-5-8-14(21)16-19-11(2)20-22-16/h14H,3-9H2,1-2H3. The first kappa shape index (κ1) is 13.7. The van der Waals surface area contributed by atoms with Gasteiger partial charge in [-0.25, -0.2) is 9.97 Å². The van der Waals surface area contributed by atoms with Crippen molar-refractivity contribution >= 4 is 5.82 Å². The fourth-order valence-corrected chi connectivity index (χ4v) is 3.66. The minimum absolute atomic E-state index is 0.154. The molecule has 2 aliphatic rings. The molecule has 1 atom stereocenters. The summed E-state index contributed by atoms with van der Waals surface area (Å²) >= 11 is 0. The highest BCUT2D eigenvalue weighted by Crippen LogP contribution is 2.38. The quantitative estimate of drug-likeness (QED) is 0.849. The van der Waals surface area contributed by atoms with Gasteiger partial charge in [0.15, 0.2) is 5.82 Å². The topological polar surface area (TPSA) is 67.9 Å². The molecule has 1 fully saturated rings. The summed E-state index contributed by atoms with van der Waals surface area (Å²) in [6, 6.07) is 0.154. The molecular formula is C16H21N5O. The van der Waals surface area contributed by atoms with Crippen molar-refractivity contribution in [2.24, 2.45) is 0 Å². The average Bonchev–Trinajstić information content (AvgIpc) is 3.14. The van der Waals surface area contributed by atoms with Gasteiger partial charge in [-0.05, 0) is 52.4 Å². The number of aryl methyl sites for hydroxylation is 3. The van der Waals surface area contributed by atoms with Gasteiger partial charge in [-0.2, -0.15) is 4.98 Å². The molecule has 0 spiro atoms. The van der Waals surface area contributed by atoms with Crippen molar-refractivity contribution in [3.63, 3.8) is 0 Å².